The third-order valence-corrected chi connectivity index (χ3v) is 4.04. The number of piperazine rings is 1. The first-order valence-corrected chi connectivity index (χ1v) is 7.61. The second kappa shape index (κ2) is 5.99. The quantitative estimate of drug-likeness (QED) is 0.829. The summed E-state index contributed by atoms with van der Waals surface area (Å²) in [6.07, 6.45) is 1.60. The molecule has 1 unspecified atom stereocenters. The minimum absolute atomic E-state index is 0.0471. The Morgan fingerprint density at radius 3 is 2.86 bits per heavy atom. The van der Waals surface area contributed by atoms with E-state index in [1.165, 1.54) is 0 Å². The molecule has 1 aliphatic rings. The minimum atomic E-state index is -0.429. The summed E-state index contributed by atoms with van der Waals surface area (Å²) in [4.78, 5) is 22.5. The summed E-state index contributed by atoms with van der Waals surface area (Å²) in [5.74, 6) is 0.577. The van der Waals surface area contributed by atoms with E-state index in [9.17, 15) is 4.79 Å². The third kappa shape index (κ3) is 2.87. The van der Waals surface area contributed by atoms with Crippen molar-refractivity contribution in [3.63, 3.8) is 0 Å². The second-order valence-corrected chi connectivity index (χ2v) is 5.80. The van der Waals surface area contributed by atoms with Gasteiger partial charge in [0, 0.05) is 19.3 Å². The van der Waals surface area contributed by atoms with Crippen molar-refractivity contribution in [3.05, 3.63) is 51.8 Å². The zero-order valence-corrected chi connectivity index (χ0v) is 13.3. The Morgan fingerprint density at radius 2 is 2.10 bits per heavy atom. The molecule has 1 atom stereocenters. The van der Waals surface area contributed by atoms with Crippen LogP contribution < -0.4 is 10.2 Å². The number of carbonyl (C=O) groups excluding carboxylic acids is 1. The number of nitrogens with one attached hydrogen (secondary N) is 1. The smallest absolute Gasteiger partial charge is 0.247 e. The van der Waals surface area contributed by atoms with Gasteiger partial charge in [-0.3, -0.25) is 4.79 Å². The number of amides is 1. The van der Waals surface area contributed by atoms with Crippen LogP contribution in [0.2, 0.25) is 5.28 Å². The van der Waals surface area contributed by atoms with E-state index in [1.54, 1.807) is 6.20 Å². The lowest BCUT2D eigenvalue weighted by atomic mass is 10.0. The summed E-state index contributed by atoms with van der Waals surface area (Å²) in [6, 6.07) is 9.18. The van der Waals surface area contributed by atoms with Crippen LogP contribution in [0.1, 0.15) is 11.6 Å². The van der Waals surface area contributed by atoms with Gasteiger partial charge in [0.2, 0.25) is 11.2 Å². The van der Waals surface area contributed by atoms with E-state index in [0.29, 0.717) is 23.4 Å². The first-order valence-electron chi connectivity index (χ1n) is 6.44. The highest BCUT2D eigenvalue weighted by molar-refractivity contribution is 9.10. The number of rotatable bonds is 2. The molecule has 3 rings (SSSR count). The lowest BCUT2D eigenvalue weighted by molar-refractivity contribution is -0.123. The van der Waals surface area contributed by atoms with Crippen molar-refractivity contribution < 1.29 is 4.79 Å². The monoisotopic (exact) mass is 366 g/mol. The molecule has 1 saturated heterocycles. The summed E-state index contributed by atoms with van der Waals surface area (Å²) < 4.78 is 0.711. The molecule has 2 heterocycles. The summed E-state index contributed by atoms with van der Waals surface area (Å²) in [7, 11) is 0. The molecule has 1 fully saturated rings. The molecule has 0 radical (unpaired) electrons. The summed E-state index contributed by atoms with van der Waals surface area (Å²) in [5, 5.41) is 3.05. The highest BCUT2D eigenvalue weighted by atomic mass is 79.9. The highest BCUT2D eigenvalue weighted by Gasteiger charge is 2.33. The molecule has 0 aliphatic carbocycles. The van der Waals surface area contributed by atoms with E-state index in [2.05, 4.69) is 31.2 Å². The van der Waals surface area contributed by atoms with Crippen LogP contribution in [0, 0.1) is 0 Å². The van der Waals surface area contributed by atoms with Crippen LogP contribution in [0.4, 0.5) is 5.82 Å². The summed E-state index contributed by atoms with van der Waals surface area (Å²) >= 11 is 9.32. The second-order valence-electron chi connectivity index (χ2n) is 4.61. The normalized spacial score (nSPS) is 18.5. The molecular formula is C14H12BrClN4O. The van der Waals surface area contributed by atoms with E-state index in [0.717, 1.165) is 5.56 Å². The average molecular weight is 368 g/mol. The molecule has 21 heavy (non-hydrogen) atoms. The maximum atomic E-state index is 12.3. The van der Waals surface area contributed by atoms with Crippen molar-refractivity contribution in [2.45, 2.75) is 6.04 Å². The highest BCUT2D eigenvalue weighted by Crippen LogP contribution is 2.32. The van der Waals surface area contributed by atoms with Crippen molar-refractivity contribution in [1.29, 1.82) is 0 Å². The standard InChI is InChI=1S/C14H12BrClN4O/c15-10-8-18-14(16)19-12(10)20-7-6-17-13(21)11(20)9-4-2-1-3-5-9/h1-5,8,11H,6-7H2,(H,17,21). The lowest BCUT2D eigenvalue weighted by Crippen LogP contribution is -2.50. The Morgan fingerprint density at radius 1 is 1.33 bits per heavy atom. The maximum absolute atomic E-state index is 12.3. The summed E-state index contributed by atoms with van der Waals surface area (Å²) in [5.41, 5.74) is 0.913. The lowest BCUT2D eigenvalue weighted by Gasteiger charge is -2.36. The van der Waals surface area contributed by atoms with Gasteiger partial charge in [-0.1, -0.05) is 30.3 Å². The molecule has 0 bridgehead atoms. The Bertz CT molecular complexity index is 667. The molecule has 1 N–H and O–H groups in total. The fraction of sp³-hybridized carbons (Fsp3) is 0.214. The molecule has 0 spiro atoms. The Balaban J connectivity index is 2.06. The Hall–Kier alpha value is -1.66. The van der Waals surface area contributed by atoms with Gasteiger partial charge in [0.05, 0.1) is 4.47 Å². The van der Waals surface area contributed by atoms with E-state index in [4.69, 9.17) is 11.6 Å². The van der Waals surface area contributed by atoms with Crippen molar-refractivity contribution >= 4 is 39.3 Å². The van der Waals surface area contributed by atoms with Crippen LogP contribution in [0.25, 0.3) is 0 Å². The predicted octanol–water partition coefficient (Wildman–Crippen LogP) is 2.57. The molecule has 1 aromatic heterocycles. The van der Waals surface area contributed by atoms with Crippen LogP contribution in [0.15, 0.2) is 41.0 Å². The average Bonchev–Trinajstić information content (AvgIpc) is 2.50. The zero-order chi connectivity index (χ0) is 14.8. The molecule has 108 valence electrons. The summed E-state index contributed by atoms with van der Waals surface area (Å²) in [6.45, 7) is 1.22. The molecule has 2 aromatic rings. The number of anilines is 1. The van der Waals surface area contributed by atoms with Crippen molar-refractivity contribution in [2.75, 3.05) is 18.0 Å². The predicted molar refractivity (Wildman–Crippen MR) is 84.3 cm³/mol. The number of hydrogen-bond acceptors (Lipinski definition) is 4. The molecule has 0 saturated carbocycles. The number of aromatic nitrogens is 2. The van der Waals surface area contributed by atoms with Crippen LogP contribution in [0.5, 0.6) is 0 Å². The van der Waals surface area contributed by atoms with Gasteiger partial charge >= 0.3 is 0 Å². The molecule has 1 aliphatic heterocycles. The number of hydrogen-bond donors (Lipinski definition) is 1. The van der Waals surface area contributed by atoms with Gasteiger partial charge in [0.1, 0.15) is 11.9 Å². The van der Waals surface area contributed by atoms with Gasteiger partial charge < -0.3 is 10.2 Å². The molecule has 5 nitrogen and oxygen atoms in total. The first kappa shape index (κ1) is 14.3. The number of benzene rings is 1. The molecule has 1 amide bonds. The van der Waals surface area contributed by atoms with Gasteiger partial charge in [0.15, 0.2) is 0 Å². The molecule has 1 aromatic carbocycles. The van der Waals surface area contributed by atoms with Crippen molar-refractivity contribution in [2.24, 2.45) is 0 Å². The van der Waals surface area contributed by atoms with Crippen LogP contribution in [-0.4, -0.2) is 29.0 Å². The third-order valence-electron chi connectivity index (χ3n) is 3.30. The van der Waals surface area contributed by atoms with Crippen molar-refractivity contribution in [1.82, 2.24) is 15.3 Å². The zero-order valence-electron chi connectivity index (χ0n) is 11.0. The van der Waals surface area contributed by atoms with E-state index >= 15 is 0 Å². The van der Waals surface area contributed by atoms with Gasteiger partial charge in [0.25, 0.3) is 0 Å². The first-order chi connectivity index (χ1) is 10.2. The fourth-order valence-electron chi connectivity index (χ4n) is 2.40. The van der Waals surface area contributed by atoms with E-state index < -0.39 is 6.04 Å². The van der Waals surface area contributed by atoms with Crippen LogP contribution >= 0.6 is 27.5 Å². The number of nitrogens with zero attached hydrogens (tertiary/aromatic N) is 3. The van der Waals surface area contributed by atoms with Crippen LogP contribution in [-0.2, 0) is 4.79 Å². The minimum Gasteiger partial charge on any atom is -0.352 e. The Labute approximate surface area is 135 Å². The van der Waals surface area contributed by atoms with Crippen LogP contribution in [0.3, 0.4) is 0 Å². The van der Waals surface area contributed by atoms with Crippen molar-refractivity contribution in [3.8, 4) is 0 Å². The number of halogens is 2. The topological polar surface area (TPSA) is 58.1 Å². The van der Waals surface area contributed by atoms with Gasteiger partial charge in [-0.2, -0.15) is 4.98 Å². The number of carbonyl (C=O) groups is 1. The molecule has 7 heteroatoms. The van der Waals surface area contributed by atoms with Gasteiger partial charge in [-0.25, -0.2) is 4.98 Å². The Kier molecular flexibility index (Phi) is 4.07. The maximum Gasteiger partial charge on any atom is 0.247 e. The van der Waals surface area contributed by atoms with Gasteiger partial charge in [-0.05, 0) is 33.1 Å². The molecular weight excluding hydrogens is 356 g/mol. The largest absolute Gasteiger partial charge is 0.352 e. The SMILES string of the molecule is O=C1NCCN(c2nc(Cl)ncc2Br)C1c1ccccc1. The van der Waals surface area contributed by atoms with E-state index in [1.807, 2.05) is 35.2 Å². The van der Waals surface area contributed by atoms with E-state index in [-0.39, 0.29) is 11.2 Å². The fourth-order valence-corrected chi connectivity index (χ4v) is 2.95. The van der Waals surface area contributed by atoms with Gasteiger partial charge in [-0.15, -0.1) is 0 Å².